The molecule has 2 saturated carbocycles. The number of aryl methyl sites for hydroxylation is 1. The number of hydrogen-bond donors (Lipinski definition) is 3. The van der Waals surface area contributed by atoms with E-state index < -0.39 is 5.92 Å². The maximum absolute atomic E-state index is 13.6. The fourth-order valence-electron chi connectivity index (χ4n) is 6.10. The van der Waals surface area contributed by atoms with E-state index in [1.165, 1.54) is 5.56 Å². The van der Waals surface area contributed by atoms with Gasteiger partial charge in [0.2, 0.25) is 11.9 Å². The summed E-state index contributed by atoms with van der Waals surface area (Å²) in [7, 11) is 0. The van der Waals surface area contributed by atoms with Crippen molar-refractivity contribution >= 4 is 17.5 Å². The summed E-state index contributed by atoms with van der Waals surface area (Å²) in [5.41, 5.74) is 3.27. The van der Waals surface area contributed by atoms with Crippen molar-refractivity contribution in [3.05, 3.63) is 41.6 Å². The summed E-state index contributed by atoms with van der Waals surface area (Å²) in [5, 5.41) is 17.0. The Morgan fingerprint density at radius 3 is 2.42 bits per heavy atom. The Morgan fingerprint density at radius 2 is 1.72 bits per heavy atom. The van der Waals surface area contributed by atoms with Crippen LogP contribution in [0.15, 0.2) is 30.5 Å². The minimum Gasteiger partial charge on any atom is -0.393 e. The smallest absolute Gasteiger partial charge is 0.248 e. The number of aromatic nitrogens is 2. The summed E-state index contributed by atoms with van der Waals surface area (Å²) < 4.78 is 27.2. The van der Waals surface area contributed by atoms with Crippen LogP contribution in [0.4, 0.5) is 26.2 Å². The Hall–Kier alpha value is -2.32. The number of halogens is 2. The number of piperidine rings is 1. The highest BCUT2D eigenvalue weighted by Crippen LogP contribution is 2.39. The predicted octanol–water partition coefficient (Wildman–Crippen LogP) is 6.00. The maximum atomic E-state index is 13.6. The van der Waals surface area contributed by atoms with E-state index in [1.54, 1.807) is 0 Å². The molecule has 36 heavy (non-hydrogen) atoms. The lowest BCUT2D eigenvalue weighted by Crippen LogP contribution is -2.44. The molecule has 1 aromatic carbocycles. The van der Waals surface area contributed by atoms with Gasteiger partial charge in [0.15, 0.2) is 0 Å². The number of nitrogens with zero attached hydrogens (tertiary/aromatic N) is 3. The second kappa shape index (κ2) is 11.0. The van der Waals surface area contributed by atoms with Crippen molar-refractivity contribution < 1.29 is 13.9 Å². The number of aliphatic hydroxyl groups is 1. The van der Waals surface area contributed by atoms with Gasteiger partial charge in [0.1, 0.15) is 5.82 Å². The van der Waals surface area contributed by atoms with E-state index in [0.717, 1.165) is 68.7 Å². The molecule has 1 saturated heterocycles. The third kappa shape index (κ3) is 6.32. The number of benzene rings is 1. The Balaban J connectivity index is 1.29. The number of likely N-dealkylation sites (tertiary alicyclic amines) is 1. The van der Waals surface area contributed by atoms with Crippen molar-refractivity contribution in [2.45, 2.75) is 101 Å². The van der Waals surface area contributed by atoms with Crippen LogP contribution in [0.25, 0.3) is 0 Å². The number of rotatable bonds is 6. The number of aliphatic hydroxyl groups excluding tert-OH is 1. The molecule has 0 spiro atoms. The van der Waals surface area contributed by atoms with Gasteiger partial charge in [-0.25, -0.2) is 13.8 Å². The molecule has 3 N–H and O–H groups in total. The monoisotopic (exact) mass is 499 g/mol. The molecule has 2 aromatic rings. The van der Waals surface area contributed by atoms with Crippen LogP contribution < -0.4 is 10.6 Å². The van der Waals surface area contributed by atoms with Crippen molar-refractivity contribution in [1.82, 2.24) is 14.9 Å². The fraction of sp³-hybridized carbons (Fsp3) is 0.643. The number of hydrogen-bond acceptors (Lipinski definition) is 6. The number of alkyl halides is 2. The molecular formula is C28H39F2N5O. The molecule has 0 amide bonds. The van der Waals surface area contributed by atoms with Crippen molar-refractivity contribution in [1.29, 1.82) is 0 Å². The quantitative estimate of drug-likeness (QED) is 0.453. The first kappa shape index (κ1) is 25.3. The van der Waals surface area contributed by atoms with Gasteiger partial charge in [0, 0.05) is 42.4 Å². The van der Waals surface area contributed by atoms with Crippen molar-refractivity contribution in [3.63, 3.8) is 0 Å². The minimum atomic E-state index is -2.48. The fourth-order valence-corrected chi connectivity index (χ4v) is 6.10. The van der Waals surface area contributed by atoms with Crippen LogP contribution in [0.3, 0.4) is 0 Å². The molecule has 0 unspecified atom stereocenters. The van der Waals surface area contributed by atoms with Crippen LogP contribution in [0.2, 0.25) is 0 Å². The molecule has 0 bridgehead atoms. The minimum absolute atomic E-state index is 0.0188. The van der Waals surface area contributed by atoms with Gasteiger partial charge in [-0.15, -0.1) is 0 Å². The Morgan fingerprint density at radius 1 is 1.00 bits per heavy atom. The van der Waals surface area contributed by atoms with Gasteiger partial charge in [-0.1, -0.05) is 12.1 Å². The highest BCUT2D eigenvalue weighted by Gasteiger charge is 2.38. The van der Waals surface area contributed by atoms with Gasteiger partial charge < -0.3 is 20.6 Å². The predicted molar refractivity (Wildman–Crippen MR) is 139 cm³/mol. The van der Waals surface area contributed by atoms with Crippen molar-refractivity contribution in [2.75, 3.05) is 23.7 Å². The first-order valence-electron chi connectivity index (χ1n) is 13.6. The van der Waals surface area contributed by atoms with Gasteiger partial charge in [0.05, 0.1) is 6.10 Å². The first-order valence-corrected chi connectivity index (χ1v) is 13.6. The second-order valence-electron chi connectivity index (χ2n) is 11.0. The maximum Gasteiger partial charge on any atom is 0.248 e. The molecule has 6 nitrogen and oxygen atoms in total. The van der Waals surface area contributed by atoms with E-state index in [0.29, 0.717) is 24.7 Å². The third-order valence-electron chi connectivity index (χ3n) is 8.30. The number of anilines is 3. The van der Waals surface area contributed by atoms with E-state index in [9.17, 15) is 13.9 Å². The van der Waals surface area contributed by atoms with Crippen molar-refractivity contribution in [3.8, 4) is 0 Å². The largest absolute Gasteiger partial charge is 0.393 e. The highest BCUT2D eigenvalue weighted by molar-refractivity contribution is 5.57. The zero-order valence-electron chi connectivity index (χ0n) is 21.2. The molecule has 196 valence electrons. The lowest BCUT2D eigenvalue weighted by Gasteiger charge is -2.41. The molecular weight excluding hydrogens is 460 g/mol. The molecule has 0 radical (unpaired) electrons. The Kier molecular flexibility index (Phi) is 7.72. The average molecular weight is 500 g/mol. The Bertz CT molecular complexity index is 1010. The molecule has 5 rings (SSSR count). The lowest BCUT2D eigenvalue weighted by atomic mass is 9.86. The summed E-state index contributed by atoms with van der Waals surface area (Å²) in [6.07, 6.45) is 8.44. The summed E-state index contributed by atoms with van der Waals surface area (Å²) in [6.45, 7) is 3.92. The van der Waals surface area contributed by atoms with E-state index >= 15 is 0 Å². The van der Waals surface area contributed by atoms with Crippen LogP contribution in [0.1, 0.15) is 81.3 Å². The lowest BCUT2D eigenvalue weighted by molar-refractivity contribution is -0.0558. The third-order valence-corrected chi connectivity index (χ3v) is 8.30. The zero-order valence-corrected chi connectivity index (χ0v) is 21.2. The molecule has 2 aliphatic carbocycles. The van der Waals surface area contributed by atoms with Crippen LogP contribution in [0, 0.1) is 6.92 Å². The summed E-state index contributed by atoms with van der Waals surface area (Å²) >= 11 is 0. The summed E-state index contributed by atoms with van der Waals surface area (Å²) in [6, 6.07) is 8.73. The van der Waals surface area contributed by atoms with Gasteiger partial charge in [0.25, 0.3) is 0 Å². The second-order valence-corrected chi connectivity index (χ2v) is 11.0. The van der Waals surface area contributed by atoms with E-state index in [-0.39, 0.29) is 31.0 Å². The SMILES string of the molecule is Cc1cccc(Nc2ncc(C3CCN(C4CCC(F)(F)CC4)CC3)c(NC3CCC(O)CC3)n2)c1. The molecule has 3 fully saturated rings. The van der Waals surface area contributed by atoms with Gasteiger partial charge in [-0.3, -0.25) is 0 Å². The molecule has 3 aliphatic rings. The molecule has 8 heteroatoms. The van der Waals surface area contributed by atoms with Gasteiger partial charge in [-0.05, 0) is 95.0 Å². The summed E-state index contributed by atoms with van der Waals surface area (Å²) in [4.78, 5) is 12.0. The van der Waals surface area contributed by atoms with Crippen LogP contribution in [-0.2, 0) is 0 Å². The number of nitrogens with one attached hydrogen (secondary N) is 2. The average Bonchev–Trinajstić information content (AvgIpc) is 2.86. The van der Waals surface area contributed by atoms with Gasteiger partial charge >= 0.3 is 0 Å². The standard InChI is InChI=1S/C28H39F2N5O/c1-19-3-2-4-22(17-19)33-27-31-18-25(26(34-27)32-21-5-7-24(36)8-6-21)20-11-15-35(16-12-20)23-9-13-28(29,30)14-10-23/h2-4,17-18,20-21,23-24,36H,5-16H2,1H3,(H2,31,32,33,34). The van der Waals surface area contributed by atoms with E-state index in [4.69, 9.17) is 4.98 Å². The van der Waals surface area contributed by atoms with E-state index in [2.05, 4.69) is 39.6 Å². The Labute approximate surface area is 212 Å². The van der Waals surface area contributed by atoms with Crippen LogP contribution in [0.5, 0.6) is 0 Å². The highest BCUT2D eigenvalue weighted by atomic mass is 19.3. The normalized spacial score (nSPS) is 26.0. The first-order chi connectivity index (χ1) is 17.3. The topological polar surface area (TPSA) is 73.3 Å². The van der Waals surface area contributed by atoms with Gasteiger partial charge in [-0.2, -0.15) is 4.98 Å². The zero-order chi connectivity index (χ0) is 25.1. The molecule has 1 aromatic heterocycles. The van der Waals surface area contributed by atoms with Crippen LogP contribution >= 0.6 is 0 Å². The molecule has 1 aliphatic heterocycles. The molecule has 2 heterocycles. The summed E-state index contributed by atoms with van der Waals surface area (Å²) in [5.74, 6) is -0.674. The van der Waals surface area contributed by atoms with Crippen LogP contribution in [-0.4, -0.2) is 57.2 Å². The van der Waals surface area contributed by atoms with E-state index in [1.807, 2.05) is 18.3 Å². The molecule has 0 atom stereocenters. The van der Waals surface area contributed by atoms with Crippen molar-refractivity contribution in [2.24, 2.45) is 0 Å².